The second-order valence-electron chi connectivity index (χ2n) is 8.44. The number of carbonyl (C=O) groups excluding carboxylic acids is 1. The first-order chi connectivity index (χ1) is 16.0. The molecule has 0 fully saturated rings. The Hall–Kier alpha value is -3.94. The summed E-state index contributed by atoms with van der Waals surface area (Å²) in [6.07, 6.45) is 5.08. The average molecular weight is 442 g/mol. The van der Waals surface area contributed by atoms with E-state index in [9.17, 15) is 4.79 Å². The van der Waals surface area contributed by atoms with Gasteiger partial charge in [0.05, 0.1) is 30.0 Å². The first-order valence-electron chi connectivity index (χ1n) is 11.1. The largest absolute Gasteiger partial charge is 0.378 e. The Morgan fingerprint density at radius 3 is 2.82 bits per heavy atom. The van der Waals surface area contributed by atoms with Gasteiger partial charge in [0.1, 0.15) is 0 Å². The van der Waals surface area contributed by atoms with Gasteiger partial charge in [0.15, 0.2) is 0 Å². The zero-order valence-electron chi connectivity index (χ0n) is 19.0. The maximum atomic E-state index is 12.1. The van der Waals surface area contributed by atoms with E-state index in [4.69, 9.17) is 0 Å². The van der Waals surface area contributed by atoms with Gasteiger partial charge >= 0.3 is 0 Å². The van der Waals surface area contributed by atoms with Gasteiger partial charge in [-0.25, -0.2) is 4.68 Å². The molecule has 0 aliphatic carbocycles. The van der Waals surface area contributed by atoms with Crippen LogP contribution in [0.25, 0.3) is 22.4 Å². The number of fused-ring (bicyclic) bond motifs is 3. The van der Waals surface area contributed by atoms with Crippen LogP contribution < -0.4 is 10.6 Å². The molecule has 0 bridgehead atoms. The molecule has 2 N–H and O–H groups in total. The van der Waals surface area contributed by atoms with Crippen molar-refractivity contribution in [1.29, 1.82) is 0 Å². The quantitative estimate of drug-likeness (QED) is 0.495. The predicted octanol–water partition coefficient (Wildman–Crippen LogP) is 3.50. The molecule has 1 amide bonds. The van der Waals surface area contributed by atoms with Crippen molar-refractivity contribution in [1.82, 2.24) is 30.1 Å². The molecular weight excluding hydrogens is 414 g/mol. The van der Waals surface area contributed by atoms with Gasteiger partial charge in [0, 0.05) is 43.7 Å². The van der Waals surface area contributed by atoms with E-state index < -0.39 is 0 Å². The van der Waals surface area contributed by atoms with Gasteiger partial charge < -0.3 is 10.6 Å². The van der Waals surface area contributed by atoms with Crippen LogP contribution in [0.15, 0.2) is 54.9 Å². The van der Waals surface area contributed by atoms with Crippen LogP contribution in [-0.2, 0) is 24.8 Å². The number of aryl methyl sites for hydroxylation is 3. The number of carbonyl (C=O) groups is 1. The maximum Gasteiger partial charge on any atom is 0.224 e. The Labute approximate surface area is 192 Å². The summed E-state index contributed by atoms with van der Waals surface area (Å²) in [5.74, 6) is -0.00813. The molecule has 168 valence electrons. The fourth-order valence-corrected chi connectivity index (χ4v) is 4.53. The van der Waals surface area contributed by atoms with Crippen molar-refractivity contribution >= 4 is 11.6 Å². The number of nitrogens with zero attached hydrogens (tertiary/aromatic N) is 5. The number of para-hydroxylation sites is 1. The van der Waals surface area contributed by atoms with Crippen LogP contribution in [0.2, 0.25) is 0 Å². The molecule has 8 nitrogen and oxygen atoms in total. The fourth-order valence-electron chi connectivity index (χ4n) is 4.53. The second-order valence-corrected chi connectivity index (χ2v) is 8.44. The monoisotopic (exact) mass is 441 g/mol. The first kappa shape index (κ1) is 20.9. The van der Waals surface area contributed by atoms with E-state index in [0.29, 0.717) is 6.42 Å². The number of hydrogen-bond donors (Lipinski definition) is 2. The lowest BCUT2D eigenvalue weighted by Crippen LogP contribution is -2.21. The summed E-state index contributed by atoms with van der Waals surface area (Å²) in [6, 6.07) is 14.6. The van der Waals surface area contributed by atoms with E-state index in [1.165, 1.54) is 5.56 Å². The molecule has 2 aromatic carbocycles. The van der Waals surface area contributed by atoms with E-state index in [2.05, 4.69) is 44.2 Å². The zero-order valence-corrected chi connectivity index (χ0v) is 19.0. The van der Waals surface area contributed by atoms with Crippen molar-refractivity contribution < 1.29 is 4.79 Å². The number of rotatable bonds is 5. The summed E-state index contributed by atoms with van der Waals surface area (Å²) in [6.45, 7) is 2.76. The van der Waals surface area contributed by atoms with Gasteiger partial charge in [0.2, 0.25) is 5.91 Å². The van der Waals surface area contributed by atoms with Crippen molar-refractivity contribution in [3.8, 4) is 22.4 Å². The number of hydrogen-bond acceptors (Lipinski definition) is 5. The van der Waals surface area contributed by atoms with Crippen molar-refractivity contribution in [2.75, 3.05) is 12.4 Å². The molecule has 1 aliphatic heterocycles. The molecule has 0 saturated carbocycles. The molecule has 0 spiro atoms. The molecule has 2 aromatic heterocycles. The van der Waals surface area contributed by atoms with Crippen LogP contribution in [0.1, 0.15) is 29.3 Å². The molecule has 3 heterocycles. The van der Waals surface area contributed by atoms with Gasteiger partial charge in [-0.15, -0.1) is 5.10 Å². The van der Waals surface area contributed by atoms with Gasteiger partial charge in [-0.2, -0.15) is 5.10 Å². The minimum atomic E-state index is -0.00813. The van der Waals surface area contributed by atoms with Crippen LogP contribution in [0.4, 0.5) is 5.69 Å². The lowest BCUT2D eigenvalue weighted by atomic mass is 9.92. The summed E-state index contributed by atoms with van der Waals surface area (Å²) in [4.78, 5) is 12.1. The Balaban J connectivity index is 1.59. The van der Waals surface area contributed by atoms with E-state index in [1.54, 1.807) is 7.05 Å². The van der Waals surface area contributed by atoms with Crippen molar-refractivity contribution in [2.45, 2.75) is 32.4 Å². The third-order valence-electron chi connectivity index (χ3n) is 6.23. The number of amides is 1. The maximum absolute atomic E-state index is 12.1. The highest BCUT2D eigenvalue weighted by Crippen LogP contribution is 2.39. The van der Waals surface area contributed by atoms with E-state index in [1.807, 2.05) is 60.0 Å². The van der Waals surface area contributed by atoms with Crippen LogP contribution in [0.5, 0.6) is 0 Å². The molecular formula is C25H27N7O. The predicted molar refractivity (Wildman–Crippen MR) is 128 cm³/mol. The molecule has 8 heteroatoms. The Morgan fingerprint density at radius 1 is 1.18 bits per heavy atom. The molecule has 33 heavy (non-hydrogen) atoms. The highest BCUT2D eigenvalue weighted by molar-refractivity contribution is 5.80. The van der Waals surface area contributed by atoms with Gasteiger partial charge in [0.25, 0.3) is 0 Å². The summed E-state index contributed by atoms with van der Waals surface area (Å²) in [5.41, 5.74) is 8.44. The van der Waals surface area contributed by atoms with Crippen LogP contribution in [0.3, 0.4) is 0 Å². The molecule has 4 aromatic rings. The number of anilines is 1. The van der Waals surface area contributed by atoms with Crippen molar-refractivity contribution in [3.05, 3.63) is 71.7 Å². The lowest BCUT2D eigenvalue weighted by Gasteiger charge is -2.23. The Kier molecular flexibility index (Phi) is 5.42. The SMILES string of the molecule is CNC(=O)Cc1ccccc1NC1CCn2nnc(C)c2-c2ccc(-c3cnn(C)c3)cc21. The van der Waals surface area contributed by atoms with E-state index >= 15 is 0 Å². The minimum Gasteiger partial charge on any atom is -0.378 e. The van der Waals surface area contributed by atoms with Crippen molar-refractivity contribution in [2.24, 2.45) is 7.05 Å². The molecule has 1 atom stereocenters. The van der Waals surface area contributed by atoms with Gasteiger partial charge in [-0.1, -0.05) is 35.5 Å². The first-order valence-corrected chi connectivity index (χ1v) is 11.1. The third-order valence-corrected chi connectivity index (χ3v) is 6.23. The molecule has 0 saturated heterocycles. The summed E-state index contributed by atoms with van der Waals surface area (Å²) >= 11 is 0. The van der Waals surface area contributed by atoms with Gasteiger partial charge in [-0.3, -0.25) is 9.48 Å². The normalized spacial score (nSPS) is 14.8. The number of aromatic nitrogens is 5. The number of benzene rings is 2. The number of nitrogens with one attached hydrogen (secondary N) is 2. The summed E-state index contributed by atoms with van der Waals surface area (Å²) < 4.78 is 3.81. The van der Waals surface area contributed by atoms with Crippen LogP contribution >= 0.6 is 0 Å². The second kappa shape index (κ2) is 8.54. The molecule has 1 unspecified atom stereocenters. The van der Waals surface area contributed by atoms with Crippen molar-refractivity contribution in [3.63, 3.8) is 0 Å². The smallest absolute Gasteiger partial charge is 0.224 e. The highest BCUT2D eigenvalue weighted by atomic mass is 16.1. The zero-order chi connectivity index (χ0) is 22.9. The third kappa shape index (κ3) is 4.00. The van der Waals surface area contributed by atoms with Gasteiger partial charge in [-0.05, 0) is 42.2 Å². The van der Waals surface area contributed by atoms with E-state index in [-0.39, 0.29) is 11.9 Å². The van der Waals surface area contributed by atoms with E-state index in [0.717, 1.165) is 52.3 Å². The van der Waals surface area contributed by atoms with Crippen LogP contribution in [-0.4, -0.2) is 37.7 Å². The fraction of sp³-hybridized carbons (Fsp3) is 0.280. The summed E-state index contributed by atoms with van der Waals surface area (Å²) in [5, 5.41) is 19.5. The highest BCUT2D eigenvalue weighted by Gasteiger charge is 2.26. The topological polar surface area (TPSA) is 89.7 Å². The Morgan fingerprint density at radius 2 is 2.03 bits per heavy atom. The molecule has 1 aliphatic rings. The lowest BCUT2D eigenvalue weighted by molar-refractivity contribution is -0.119. The Bertz CT molecular complexity index is 1320. The number of likely N-dealkylation sites (N-methyl/N-ethyl adjacent to an activating group) is 1. The van der Waals surface area contributed by atoms with Crippen LogP contribution in [0, 0.1) is 6.92 Å². The minimum absolute atomic E-state index is 0.00813. The summed E-state index contributed by atoms with van der Waals surface area (Å²) in [7, 11) is 3.59. The molecule has 0 radical (unpaired) electrons. The molecule has 5 rings (SSSR count). The average Bonchev–Trinajstić information content (AvgIpc) is 3.38. The standard InChI is InChI=1S/C25H27N7O/c1-16-25-20-9-8-17(19-14-27-31(3)15-19)12-21(20)23(10-11-32(25)30-29-16)28-22-7-5-4-6-18(22)13-24(33)26-2/h4-9,12,14-15,23,28H,10-11,13H2,1-3H3,(H,26,33).